The summed E-state index contributed by atoms with van der Waals surface area (Å²) in [6.45, 7) is 4.69. The average molecular weight is 312 g/mol. The number of aromatic nitrogens is 2. The molecule has 2 aromatic rings. The number of amides is 1. The van der Waals surface area contributed by atoms with Gasteiger partial charge in [0.2, 0.25) is 11.0 Å². The molecule has 2 heterocycles. The lowest BCUT2D eigenvalue weighted by Gasteiger charge is -2.10. The van der Waals surface area contributed by atoms with E-state index in [-0.39, 0.29) is 11.9 Å². The van der Waals surface area contributed by atoms with Gasteiger partial charge in [-0.15, -0.1) is 10.2 Å². The molecular formula is C12H16N4O2S2. The Morgan fingerprint density at radius 3 is 3.10 bits per heavy atom. The SMILES string of the molecule is CCNc1nnc(SCC(=O)N[C@H](C)c2ccco2)s1. The van der Waals surface area contributed by atoms with Crippen LogP contribution in [0.1, 0.15) is 25.6 Å². The summed E-state index contributed by atoms with van der Waals surface area (Å²) in [4.78, 5) is 11.8. The van der Waals surface area contributed by atoms with Crippen molar-refractivity contribution in [2.45, 2.75) is 24.2 Å². The molecule has 0 saturated carbocycles. The number of carbonyl (C=O) groups is 1. The minimum absolute atomic E-state index is 0.0564. The second kappa shape index (κ2) is 7.30. The molecule has 0 fully saturated rings. The van der Waals surface area contributed by atoms with Gasteiger partial charge >= 0.3 is 0 Å². The van der Waals surface area contributed by atoms with E-state index in [4.69, 9.17) is 4.42 Å². The Labute approximate surface area is 125 Å². The van der Waals surface area contributed by atoms with Crippen LogP contribution in [0.15, 0.2) is 27.2 Å². The molecule has 1 amide bonds. The molecule has 0 aliphatic heterocycles. The van der Waals surface area contributed by atoms with E-state index in [1.165, 1.54) is 23.1 Å². The monoisotopic (exact) mass is 312 g/mol. The van der Waals surface area contributed by atoms with Crippen LogP contribution in [0.4, 0.5) is 5.13 Å². The van der Waals surface area contributed by atoms with Gasteiger partial charge in [-0.25, -0.2) is 0 Å². The van der Waals surface area contributed by atoms with Crippen molar-refractivity contribution in [3.63, 3.8) is 0 Å². The van der Waals surface area contributed by atoms with Crippen molar-refractivity contribution in [2.75, 3.05) is 17.6 Å². The first-order valence-electron chi connectivity index (χ1n) is 6.22. The topological polar surface area (TPSA) is 80.0 Å². The van der Waals surface area contributed by atoms with E-state index in [2.05, 4.69) is 20.8 Å². The van der Waals surface area contributed by atoms with Crippen LogP contribution in [0.3, 0.4) is 0 Å². The second-order valence-corrected chi connectivity index (χ2v) is 6.20. The smallest absolute Gasteiger partial charge is 0.231 e. The van der Waals surface area contributed by atoms with Crippen molar-refractivity contribution in [3.8, 4) is 0 Å². The highest BCUT2D eigenvalue weighted by atomic mass is 32.2. The van der Waals surface area contributed by atoms with Crippen LogP contribution in [0.25, 0.3) is 0 Å². The van der Waals surface area contributed by atoms with E-state index in [0.29, 0.717) is 5.75 Å². The minimum atomic E-state index is -0.134. The molecule has 6 nitrogen and oxygen atoms in total. The van der Waals surface area contributed by atoms with Crippen molar-refractivity contribution >= 4 is 34.1 Å². The lowest BCUT2D eigenvalue weighted by molar-refractivity contribution is -0.119. The van der Waals surface area contributed by atoms with Crippen LogP contribution in [0.5, 0.6) is 0 Å². The minimum Gasteiger partial charge on any atom is -0.467 e. The third kappa shape index (κ3) is 4.24. The molecule has 1 atom stereocenters. The molecule has 108 valence electrons. The van der Waals surface area contributed by atoms with Gasteiger partial charge in [0.25, 0.3) is 0 Å². The second-order valence-electron chi connectivity index (χ2n) is 4.00. The lowest BCUT2D eigenvalue weighted by atomic mass is 10.2. The predicted molar refractivity (Wildman–Crippen MR) is 80.1 cm³/mol. The number of nitrogens with zero attached hydrogens (tertiary/aromatic N) is 2. The van der Waals surface area contributed by atoms with Crippen LogP contribution in [0.2, 0.25) is 0 Å². The van der Waals surface area contributed by atoms with Gasteiger partial charge in [-0.3, -0.25) is 4.79 Å². The average Bonchev–Trinajstić information content (AvgIpc) is 3.08. The fourth-order valence-electron chi connectivity index (χ4n) is 1.51. The Morgan fingerprint density at radius 1 is 1.55 bits per heavy atom. The molecule has 0 spiro atoms. The van der Waals surface area contributed by atoms with Crippen molar-refractivity contribution in [1.82, 2.24) is 15.5 Å². The van der Waals surface area contributed by atoms with Gasteiger partial charge in [0.15, 0.2) is 4.34 Å². The fraction of sp³-hybridized carbons (Fsp3) is 0.417. The first-order valence-corrected chi connectivity index (χ1v) is 8.02. The molecule has 0 saturated heterocycles. The first-order chi connectivity index (χ1) is 9.69. The molecule has 2 N–H and O–H groups in total. The summed E-state index contributed by atoms with van der Waals surface area (Å²) in [5.74, 6) is 0.999. The molecular weight excluding hydrogens is 296 g/mol. The van der Waals surface area contributed by atoms with E-state index in [9.17, 15) is 4.79 Å². The van der Waals surface area contributed by atoms with E-state index in [1.54, 1.807) is 12.3 Å². The Balaban J connectivity index is 1.77. The molecule has 8 heteroatoms. The van der Waals surface area contributed by atoms with E-state index in [1.807, 2.05) is 19.9 Å². The van der Waals surface area contributed by atoms with Gasteiger partial charge in [0.05, 0.1) is 18.1 Å². The molecule has 0 unspecified atom stereocenters. The van der Waals surface area contributed by atoms with Crippen molar-refractivity contribution in [2.24, 2.45) is 0 Å². The number of nitrogens with one attached hydrogen (secondary N) is 2. The number of thioether (sulfide) groups is 1. The normalized spacial score (nSPS) is 12.1. The molecule has 0 aromatic carbocycles. The summed E-state index contributed by atoms with van der Waals surface area (Å²) in [7, 11) is 0. The number of anilines is 1. The zero-order valence-electron chi connectivity index (χ0n) is 11.3. The number of hydrogen-bond donors (Lipinski definition) is 2. The molecule has 0 aliphatic carbocycles. The van der Waals surface area contributed by atoms with Gasteiger partial charge in [-0.2, -0.15) is 0 Å². The standard InChI is InChI=1S/C12H16N4O2S2/c1-3-13-11-15-16-12(20-11)19-7-10(17)14-8(2)9-5-4-6-18-9/h4-6,8H,3,7H2,1-2H3,(H,13,15)(H,14,17)/t8-/m1/s1. The quantitative estimate of drug-likeness (QED) is 0.765. The largest absolute Gasteiger partial charge is 0.467 e. The van der Waals surface area contributed by atoms with Crippen LogP contribution in [-0.2, 0) is 4.79 Å². The Hall–Kier alpha value is -1.54. The lowest BCUT2D eigenvalue weighted by Crippen LogP contribution is -2.27. The summed E-state index contributed by atoms with van der Waals surface area (Å²) < 4.78 is 6.02. The summed E-state index contributed by atoms with van der Waals surface area (Å²) >= 11 is 2.82. The third-order valence-electron chi connectivity index (χ3n) is 2.41. The number of rotatable bonds is 7. The highest BCUT2D eigenvalue weighted by Gasteiger charge is 2.13. The van der Waals surface area contributed by atoms with Crippen molar-refractivity contribution in [3.05, 3.63) is 24.2 Å². The summed E-state index contributed by atoms with van der Waals surface area (Å²) in [5.41, 5.74) is 0. The van der Waals surface area contributed by atoms with E-state index in [0.717, 1.165) is 21.8 Å². The maximum Gasteiger partial charge on any atom is 0.231 e. The van der Waals surface area contributed by atoms with E-state index >= 15 is 0 Å². The molecule has 2 aromatic heterocycles. The number of carbonyl (C=O) groups excluding carboxylic acids is 1. The number of furan rings is 1. The van der Waals surface area contributed by atoms with Crippen LogP contribution < -0.4 is 10.6 Å². The van der Waals surface area contributed by atoms with E-state index < -0.39 is 0 Å². The highest BCUT2D eigenvalue weighted by Crippen LogP contribution is 2.25. The summed E-state index contributed by atoms with van der Waals surface area (Å²) in [5, 5.41) is 14.7. The maximum atomic E-state index is 11.8. The van der Waals surface area contributed by atoms with Gasteiger partial charge < -0.3 is 15.1 Å². The van der Waals surface area contributed by atoms with Crippen LogP contribution >= 0.6 is 23.1 Å². The molecule has 0 radical (unpaired) electrons. The van der Waals surface area contributed by atoms with Crippen molar-refractivity contribution < 1.29 is 9.21 Å². The molecule has 0 aliphatic rings. The summed E-state index contributed by atoms with van der Waals surface area (Å²) in [6.07, 6.45) is 1.59. The Morgan fingerprint density at radius 2 is 2.40 bits per heavy atom. The third-order valence-corrected chi connectivity index (χ3v) is 4.42. The first kappa shape index (κ1) is 14.9. The van der Waals surface area contributed by atoms with Crippen molar-refractivity contribution in [1.29, 1.82) is 0 Å². The Bertz CT molecular complexity index is 541. The number of hydrogen-bond acceptors (Lipinski definition) is 7. The molecule has 0 bridgehead atoms. The summed E-state index contributed by atoms with van der Waals surface area (Å²) in [6, 6.07) is 3.51. The van der Waals surface area contributed by atoms with Gasteiger partial charge in [0, 0.05) is 6.54 Å². The van der Waals surface area contributed by atoms with Crippen LogP contribution in [-0.4, -0.2) is 28.4 Å². The highest BCUT2D eigenvalue weighted by molar-refractivity contribution is 8.01. The predicted octanol–water partition coefficient (Wildman–Crippen LogP) is 2.53. The van der Waals surface area contributed by atoms with Gasteiger partial charge in [-0.05, 0) is 26.0 Å². The van der Waals surface area contributed by atoms with Crippen LogP contribution in [0, 0.1) is 0 Å². The Kier molecular flexibility index (Phi) is 5.42. The molecule has 2 rings (SSSR count). The van der Waals surface area contributed by atoms with Gasteiger partial charge in [-0.1, -0.05) is 23.1 Å². The fourth-order valence-corrected chi connectivity index (χ4v) is 3.14. The maximum absolute atomic E-state index is 11.8. The molecule has 20 heavy (non-hydrogen) atoms. The van der Waals surface area contributed by atoms with Gasteiger partial charge in [0.1, 0.15) is 5.76 Å². The zero-order valence-corrected chi connectivity index (χ0v) is 12.9. The zero-order chi connectivity index (χ0) is 14.4.